The first kappa shape index (κ1) is 17.4. The fourth-order valence-corrected chi connectivity index (χ4v) is 9.01. The lowest BCUT2D eigenvalue weighted by molar-refractivity contribution is -0.713. The number of azo groups is 2. The molecule has 0 amide bonds. The summed E-state index contributed by atoms with van der Waals surface area (Å²) >= 11 is 0. The van der Waals surface area contributed by atoms with Crippen LogP contribution in [0.3, 0.4) is 0 Å². The Morgan fingerprint density at radius 3 is 2.11 bits per heavy atom. The third-order valence-corrected chi connectivity index (χ3v) is 9.37. The minimum absolute atomic E-state index is 0.183. The molecular formula is C23H39N4+2. The van der Waals surface area contributed by atoms with Gasteiger partial charge in [-0.2, -0.15) is 0 Å². The maximum absolute atomic E-state index is 5.35. The zero-order valence-corrected chi connectivity index (χ0v) is 18.2. The summed E-state index contributed by atoms with van der Waals surface area (Å²) in [6, 6.07) is 2.83. The SMILES string of the molecule is CC(C)(C)[N+]1N[C@H]2CC[C@@H]1[C@@H]1[C@@H]3C[C@@H]([C@@H]4[C@H]3[C@@H]3CC[C@H]4[N+](C(C)(C)C)=N3)[C@@H]12. The van der Waals surface area contributed by atoms with Gasteiger partial charge in [-0.1, -0.05) is 5.01 Å². The molecule has 4 saturated carbocycles. The number of nitrogens with one attached hydrogen (secondary N) is 1. The minimum Gasteiger partial charge on any atom is -0.120 e. The van der Waals surface area contributed by atoms with Crippen molar-refractivity contribution in [2.75, 3.05) is 0 Å². The van der Waals surface area contributed by atoms with Crippen LogP contribution in [0.2, 0.25) is 0 Å². The lowest BCUT2D eigenvalue weighted by atomic mass is 9.53. The fourth-order valence-electron chi connectivity index (χ4n) is 9.01. The Morgan fingerprint density at radius 2 is 1.41 bits per heavy atom. The average Bonchev–Trinajstić information content (AvgIpc) is 3.21. The van der Waals surface area contributed by atoms with Gasteiger partial charge >= 0.3 is 0 Å². The fraction of sp³-hybridized carbons (Fsp3) is 1.00. The van der Waals surface area contributed by atoms with Crippen LogP contribution in [0.15, 0.2) is 5.11 Å². The van der Waals surface area contributed by atoms with E-state index in [4.69, 9.17) is 5.11 Å². The molecule has 4 aliphatic heterocycles. The van der Waals surface area contributed by atoms with Gasteiger partial charge < -0.3 is 0 Å². The summed E-state index contributed by atoms with van der Waals surface area (Å²) in [6.07, 6.45) is 7.07. The van der Waals surface area contributed by atoms with E-state index >= 15 is 0 Å². The lowest BCUT2D eigenvalue weighted by Gasteiger charge is -2.57. The van der Waals surface area contributed by atoms with Crippen LogP contribution in [0, 0.1) is 35.5 Å². The van der Waals surface area contributed by atoms with Crippen LogP contribution in [0.1, 0.15) is 73.6 Å². The molecule has 4 heterocycles. The molecule has 10 atom stereocenters. The number of hydrogen-bond donors (Lipinski definition) is 1. The molecule has 6 fully saturated rings. The van der Waals surface area contributed by atoms with Gasteiger partial charge in [0, 0.05) is 45.4 Å². The van der Waals surface area contributed by atoms with Gasteiger partial charge in [-0.15, -0.1) is 10.1 Å². The van der Waals surface area contributed by atoms with Gasteiger partial charge in [0.2, 0.25) is 0 Å². The summed E-state index contributed by atoms with van der Waals surface area (Å²) in [5, 5.41) is 8.03. The summed E-state index contributed by atoms with van der Waals surface area (Å²) in [7, 11) is 0. The molecule has 0 spiro atoms. The second-order valence-corrected chi connectivity index (χ2v) is 12.6. The molecule has 8 aliphatic rings. The van der Waals surface area contributed by atoms with Crippen molar-refractivity contribution in [2.24, 2.45) is 40.6 Å². The highest BCUT2D eigenvalue weighted by molar-refractivity contribution is 5.20. The van der Waals surface area contributed by atoms with Gasteiger partial charge in [-0.25, -0.2) is 0 Å². The van der Waals surface area contributed by atoms with Crippen LogP contribution < -0.4 is 10.4 Å². The first-order valence-corrected chi connectivity index (χ1v) is 11.7. The monoisotopic (exact) mass is 371 g/mol. The maximum atomic E-state index is 5.35. The van der Waals surface area contributed by atoms with E-state index in [9.17, 15) is 0 Å². The number of rotatable bonds is 0. The van der Waals surface area contributed by atoms with Gasteiger partial charge in [-0.3, -0.25) is 0 Å². The molecular weight excluding hydrogens is 332 g/mol. The molecule has 1 N–H and O–H groups in total. The first-order chi connectivity index (χ1) is 12.7. The molecule has 0 aromatic heterocycles. The van der Waals surface area contributed by atoms with Gasteiger partial charge in [0.25, 0.3) is 0 Å². The molecule has 6 bridgehead atoms. The molecule has 0 unspecified atom stereocenters. The zero-order valence-electron chi connectivity index (χ0n) is 18.2. The Morgan fingerprint density at radius 1 is 0.741 bits per heavy atom. The van der Waals surface area contributed by atoms with Gasteiger partial charge in [0.1, 0.15) is 6.04 Å². The third-order valence-electron chi connectivity index (χ3n) is 9.37. The number of nitrogens with zero attached hydrogens (tertiary/aromatic N) is 3. The lowest BCUT2D eigenvalue weighted by Crippen LogP contribution is -2.76. The Bertz CT molecular complexity index is 685. The van der Waals surface area contributed by atoms with E-state index in [0.29, 0.717) is 6.04 Å². The third kappa shape index (κ3) is 2.12. The molecule has 4 nitrogen and oxygen atoms in total. The van der Waals surface area contributed by atoms with Crippen molar-refractivity contribution in [3.05, 3.63) is 0 Å². The van der Waals surface area contributed by atoms with E-state index < -0.39 is 0 Å². The summed E-state index contributed by atoms with van der Waals surface area (Å²) in [6.45, 7) is 14.3. The second kappa shape index (κ2) is 5.16. The van der Waals surface area contributed by atoms with E-state index in [0.717, 1.165) is 53.6 Å². The van der Waals surface area contributed by atoms with Crippen LogP contribution in [0.25, 0.3) is 0 Å². The van der Waals surface area contributed by atoms with Crippen molar-refractivity contribution in [1.29, 1.82) is 0 Å². The molecule has 1 radical (unpaired) electrons. The molecule has 2 saturated heterocycles. The zero-order chi connectivity index (χ0) is 18.9. The van der Waals surface area contributed by atoms with E-state index in [1.165, 1.54) is 32.1 Å². The van der Waals surface area contributed by atoms with Crippen molar-refractivity contribution in [1.82, 2.24) is 10.4 Å². The Balaban J connectivity index is 1.38. The van der Waals surface area contributed by atoms with Crippen LogP contribution >= 0.6 is 0 Å². The standard InChI is InChI=1S/C23H39N4/c1-22(2,3)26-16-9-7-14(24-26)18-13-11-12(20(16)18)19-15-8-10-17(21(13)19)27(25-15)23(4,5)6/h12-21,24H,7-11H2,1-6H3/q+2/t12-,13-,14+,15+,16-,17-,18-,19-,20+,21+/m1/s1. The molecule has 4 aliphatic carbocycles. The predicted molar refractivity (Wildman–Crippen MR) is 107 cm³/mol. The van der Waals surface area contributed by atoms with Crippen molar-refractivity contribution in [3.8, 4) is 0 Å². The van der Waals surface area contributed by atoms with Crippen molar-refractivity contribution < 1.29 is 4.70 Å². The van der Waals surface area contributed by atoms with Gasteiger partial charge in [-0.05, 0) is 68.8 Å². The van der Waals surface area contributed by atoms with E-state index in [1.54, 1.807) is 0 Å². The highest BCUT2D eigenvalue weighted by atomic mass is 15.6. The summed E-state index contributed by atoms with van der Waals surface area (Å²) in [4.78, 5) is 0. The van der Waals surface area contributed by atoms with E-state index in [2.05, 4.69) is 56.7 Å². The Hall–Kier alpha value is -0.480. The molecule has 0 aromatic rings. The highest BCUT2D eigenvalue weighted by Gasteiger charge is 2.74. The summed E-state index contributed by atoms with van der Waals surface area (Å²) in [5.74, 6) is 5.61. The largest absolute Gasteiger partial charge is 0.182 e. The summed E-state index contributed by atoms with van der Waals surface area (Å²) in [5.41, 5.74) is 4.44. The first-order valence-electron chi connectivity index (χ1n) is 11.7. The summed E-state index contributed by atoms with van der Waals surface area (Å²) < 4.78 is 2.56. The molecule has 4 heteroatoms. The number of fused-ring (bicyclic) bond motifs is 5. The maximum Gasteiger partial charge on any atom is 0.182 e. The predicted octanol–water partition coefficient (Wildman–Crippen LogP) is 3.90. The van der Waals surface area contributed by atoms with E-state index in [1.807, 2.05) is 0 Å². The van der Waals surface area contributed by atoms with Crippen molar-refractivity contribution >= 4 is 0 Å². The highest BCUT2D eigenvalue weighted by Crippen LogP contribution is 2.68. The van der Waals surface area contributed by atoms with Crippen molar-refractivity contribution in [2.45, 2.75) is 109 Å². The molecule has 0 aromatic carbocycles. The van der Waals surface area contributed by atoms with Crippen molar-refractivity contribution in [3.63, 3.8) is 0 Å². The van der Waals surface area contributed by atoms with Gasteiger partial charge in [0.15, 0.2) is 23.2 Å². The number of hydrogen-bond acceptors (Lipinski definition) is 3. The number of hydrazine groups is 1. The normalized spacial score (nSPS) is 53.5. The van der Waals surface area contributed by atoms with Gasteiger partial charge in [0.05, 0.1) is 6.04 Å². The van der Waals surface area contributed by atoms with Crippen LogP contribution in [-0.2, 0) is 0 Å². The molecule has 8 rings (SSSR count). The minimum atomic E-state index is 0.183. The van der Waals surface area contributed by atoms with Crippen LogP contribution in [0.5, 0.6) is 0 Å². The quantitative estimate of drug-likeness (QED) is 0.644. The Kier molecular flexibility index (Phi) is 3.32. The van der Waals surface area contributed by atoms with E-state index in [-0.39, 0.29) is 11.1 Å². The van der Waals surface area contributed by atoms with Crippen LogP contribution in [0.4, 0.5) is 0 Å². The smallest absolute Gasteiger partial charge is 0.120 e. The second-order valence-electron chi connectivity index (χ2n) is 12.6. The molecule has 27 heavy (non-hydrogen) atoms. The molecule has 149 valence electrons. The van der Waals surface area contributed by atoms with Crippen LogP contribution in [-0.4, -0.2) is 39.9 Å². The average molecular weight is 372 g/mol. The Labute approximate surface area is 165 Å². The topological polar surface area (TPSA) is 33.3 Å².